The number of para-hydroxylation sites is 7. The van der Waals surface area contributed by atoms with Crippen LogP contribution in [0.1, 0.15) is 61.1 Å². The summed E-state index contributed by atoms with van der Waals surface area (Å²) in [6.45, 7) is 9.23. The van der Waals surface area contributed by atoms with Crippen molar-refractivity contribution in [1.29, 1.82) is 0 Å². The van der Waals surface area contributed by atoms with Crippen LogP contribution < -0.4 is 15.5 Å². The van der Waals surface area contributed by atoms with Crippen molar-refractivity contribution in [2.24, 2.45) is 0 Å². The van der Waals surface area contributed by atoms with E-state index >= 15 is 0 Å². The second kappa shape index (κ2) is 23.6. The van der Waals surface area contributed by atoms with Crippen LogP contribution in [0.15, 0.2) is 315 Å². The molecule has 5 nitrogen and oxygen atoms in total. The molecule has 14 aromatic rings. The van der Waals surface area contributed by atoms with Gasteiger partial charge in [-0.3, -0.25) is 0 Å². The van der Waals surface area contributed by atoms with Crippen molar-refractivity contribution in [2.45, 2.75) is 44.9 Å². The first-order chi connectivity index (χ1) is 43.5. The second-order valence-electron chi connectivity index (χ2n) is 24.2. The Morgan fingerprint density at radius 3 is 1.18 bits per heavy atom. The topological polar surface area (TPSA) is 42.4 Å². The lowest BCUT2D eigenvalue weighted by Gasteiger charge is -2.29. The first kappa shape index (κ1) is 56.2. The highest BCUT2D eigenvalue weighted by Crippen LogP contribution is 2.52. The molecule has 0 unspecified atom stereocenters. The summed E-state index contributed by atoms with van der Waals surface area (Å²) in [5.74, 6) is 0. The number of anilines is 5. The van der Waals surface area contributed by atoms with Crippen LogP contribution >= 0.6 is 11.6 Å². The standard InChI is InChI=1S/C42H34N2.C35H27ClN2.C6H7N/c1-42(2)29-40(34-22-12-14-24-36(34)42)44(33-20-10-5-11-21-33)39-28-31(26-30-16-6-3-7-17-30)27-38-41(39)35-23-13-15-25-37(35)43(38)32-18-8-4-9-19-32;1-35(2)23-33(27-17-9-11-19-29(27)35)38(26-15-7-4-8-16-26)32-22-24(36)21-31-34(32)28-18-10-12-20-30(28)37(31)25-13-5-3-6-14-25;7-6-4-2-1-3-5-6/h3-25,27-29H,26H2,1-2H3;3-23H,1-2H3;1-5H,7H2. The van der Waals surface area contributed by atoms with Crippen molar-refractivity contribution in [3.05, 3.63) is 354 Å². The molecule has 0 saturated carbocycles. The highest BCUT2D eigenvalue weighted by Gasteiger charge is 2.36. The Kier molecular flexibility index (Phi) is 14.9. The third-order valence-electron chi connectivity index (χ3n) is 17.4. The Hall–Kier alpha value is -10.6. The highest BCUT2D eigenvalue weighted by molar-refractivity contribution is 6.33. The number of hydrogen-bond donors (Lipinski definition) is 1. The zero-order valence-electron chi connectivity index (χ0n) is 50.5. The molecule has 89 heavy (non-hydrogen) atoms. The molecule has 0 spiro atoms. The molecule has 2 N–H and O–H groups in total. The van der Waals surface area contributed by atoms with E-state index in [1.807, 2.05) is 30.3 Å². The van der Waals surface area contributed by atoms with Crippen LogP contribution in [0.2, 0.25) is 5.02 Å². The molecule has 2 aliphatic carbocycles. The number of nitrogens with two attached hydrogens (primary N) is 1. The number of rotatable bonds is 10. The predicted molar refractivity (Wildman–Crippen MR) is 379 cm³/mol. The zero-order chi connectivity index (χ0) is 60.6. The molecular formula is C83H68ClN5. The van der Waals surface area contributed by atoms with Crippen molar-refractivity contribution < 1.29 is 0 Å². The van der Waals surface area contributed by atoms with Gasteiger partial charge in [-0.25, -0.2) is 0 Å². The molecule has 0 aliphatic heterocycles. The SMILES string of the molecule is CC1(C)C=C(N(c2ccccc2)c2cc(Cc3ccccc3)cc3c2c2ccccc2n3-c2ccccc2)c2ccccc21.CC1(C)C=C(N(c2ccccc2)c2cc(Cl)cc3c2c2ccccc2n3-c2ccccc2)c2ccccc21.Nc1ccccc1. The summed E-state index contributed by atoms with van der Waals surface area (Å²) in [7, 11) is 0. The van der Waals surface area contributed by atoms with Gasteiger partial charge in [-0.2, -0.15) is 0 Å². The van der Waals surface area contributed by atoms with E-state index in [0.717, 1.165) is 45.9 Å². The molecule has 0 saturated heterocycles. The summed E-state index contributed by atoms with van der Waals surface area (Å²) < 4.78 is 4.76. The second-order valence-corrected chi connectivity index (χ2v) is 24.6. The third-order valence-corrected chi connectivity index (χ3v) is 17.6. The maximum absolute atomic E-state index is 6.95. The maximum atomic E-state index is 6.95. The van der Waals surface area contributed by atoms with Crippen molar-refractivity contribution >= 4 is 95.0 Å². The van der Waals surface area contributed by atoms with E-state index in [2.05, 4.69) is 332 Å². The lowest BCUT2D eigenvalue weighted by Crippen LogP contribution is -2.15. The van der Waals surface area contributed by atoms with E-state index in [-0.39, 0.29) is 10.8 Å². The third kappa shape index (κ3) is 10.6. The van der Waals surface area contributed by atoms with Gasteiger partial charge in [0.1, 0.15) is 0 Å². The number of nitrogen functional groups attached to an aromatic ring is 1. The molecular weight excluding hydrogens is 1100 g/mol. The van der Waals surface area contributed by atoms with Crippen molar-refractivity contribution in [2.75, 3.05) is 15.5 Å². The van der Waals surface area contributed by atoms with Gasteiger partial charge in [0, 0.05) is 77.0 Å². The van der Waals surface area contributed by atoms with Gasteiger partial charge >= 0.3 is 0 Å². The monoisotopic (exact) mass is 1170 g/mol. The minimum absolute atomic E-state index is 0.0856. The first-order valence-electron chi connectivity index (χ1n) is 30.6. The van der Waals surface area contributed by atoms with Gasteiger partial charge in [0.05, 0.1) is 44.8 Å². The molecule has 12 aromatic carbocycles. The number of nitrogens with zero attached hydrogens (tertiary/aromatic N) is 4. The molecule has 2 heterocycles. The Morgan fingerprint density at radius 2 is 0.730 bits per heavy atom. The summed E-state index contributed by atoms with van der Waals surface area (Å²) in [6.07, 6.45) is 5.70. The lowest BCUT2D eigenvalue weighted by atomic mass is 9.87. The van der Waals surface area contributed by atoms with Crippen molar-refractivity contribution in [3.63, 3.8) is 0 Å². The largest absolute Gasteiger partial charge is 0.399 e. The van der Waals surface area contributed by atoms with Gasteiger partial charge in [0.15, 0.2) is 0 Å². The normalized spacial score (nSPS) is 13.4. The molecule has 2 aromatic heterocycles. The van der Waals surface area contributed by atoms with Crippen LogP contribution in [0.3, 0.4) is 0 Å². The van der Waals surface area contributed by atoms with Gasteiger partial charge in [-0.15, -0.1) is 0 Å². The van der Waals surface area contributed by atoms with Gasteiger partial charge in [0.25, 0.3) is 0 Å². The van der Waals surface area contributed by atoms with E-state index in [0.29, 0.717) is 5.02 Å². The molecule has 6 heteroatoms. The molecule has 432 valence electrons. The van der Waals surface area contributed by atoms with Crippen LogP contribution in [0.25, 0.3) is 66.4 Å². The summed E-state index contributed by atoms with van der Waals surface area (Å²) in [5.41, 5.74) is 27.7. The number of aromatic nitrogens is 2. The van der Waals surface area contributed by atoms with Crippen LogP contribution in [0.5, 0.6) is 0 Å². The van der Waals surface area contributed by atoms with E-state index in [4.69, 9.17) is 17.3 Å². The Morgan fingerprint density at radius 1 is 0.360 bits per heavy atom. The average molecular weight is 1170 g/mol. The molecule has 16 rings (SSSR count). The fourth-order valence-electron chi connectivity index (χ4n) is 13.5. The fourth-order valence-corrected chi connectivity index (χ4v) is 13.7. The fraction of sp³-hybridized carbons (Fsp3) is 0.0843. The van der Waals surface area contributed by atoms with E-state index in [1.54, 1.807) is 0 Å². The van der Waals surface area contributed by atoms with Gasteiger partial charge in [-0.1, -0.05) is 246 Å². The minimum Gasteiger partial charge on any atom is -0.399 e. The van der Waals surface area contributed by atoms with E-state index < -0.39 is 0 Å². The van der Waals surface area contributed by atoms with Crippen LogP contribution in [-0.2, 0) is 17.3 Å². The molecule has 2 aliphatic rings. The minimum atomic E-state index is -0.0886. The maximum Gasteiger partial charge on any atom is 0.0577 e. The van der Waals surface area contributed by atoms with E-state index in [1.165, 1.54) is 88.7 Å². The smallest absolute Gasteiger partial charge is 0.0577 e. The predicted octanol–water partition coefficient (Wildman–Crippen LogP) is 22.0. The number of fused-ring (bicyclic) bond motifs is 8. The van der Waals surface area contributed by atoms with Gasteiger partial charge in [0.2, 0.25) is 0 Å². The molecule has 0 radical (unpaired) electrons. The zero-order valence-corrected chi connectivity index (χ0v) is 51.2. The van der Waals surface area contributed by atoms with Crippen LogP contribution in [0.4, 0.5) is 28.4 Å². The Balaban J connectivity index is 0.000000142. The summed E-state index contributed by atoms with van der Waals surface area (Å²) in [4.78, 5) is 4.90. The number of benzene rings is 12. The first-order valence-corrected chi connectivity index (χ1v) is 31.0. The molecule has 0 fully saturated rings. The number of hydrogen-bond acceptors (Lipinski definition) is 3. The highest BCUT2D eigenvalue weighted by atomic mass is 35.5. The summed E-state index contributed by atoms with van der Waals surface area (Å²) in [6, 6.07) is 107. The summed E-state index contributed by atoms with van der Waals surface area (Å²) in [5, 5.41) is 5.60. The van der Waals surface area contributed by atoms with E-state index in [9.17, 15) is 0 Å². The quantitative estimate of drug-likeness (QED) is 0.139. The van der Waals surface area contributed by atoms with Gasteiger partial charge in [-0.05, 0) is 138 Å². The van der Waals surface area contributed by atoms with Gasteiger partial charge < -0.3 is 24.7 Å². The van der Waals surface area contributed by atoms with Crippen LogP contribution in [0, 0.1) is 0 Å². The molecule has 0 amide bonds. The molecule has 0 bridgehead atoms. The molecule has 0 atom stereocenters. The Bertz CT molecular complexity index is 4930. The summed E-state index contributed by atoms with van der Waals surface area (Å²) >= 11 is 6.95. The number of allylic oxidation sites excluding steroid dienone is 2. The number of halogens is 1. The average Bonchev–Trinajstić information content (AvgIpc) is 1.61. The Labute approximate surface area is 526 Å². The van der Waals surface area contributed by atoms with Crippen LogP contribution in [-0.4, -0.2) is 9.13 Å². The van der Waals surface area contributed by atoms with Crippen molar-refractivity contribution in [1.82, 2.24) is 9.13 Å². The van der Waals surface area contributed by atoms with Crippen molar-refractivity contribution in [3.8, 4) is 11.4 Å². The lowest BCUT2D eigenvalue weighted by molar-refractivity contribution is 0.683.